The van der Waals surface area contributed by atoms with Gasteiger partial charge in [0.05, 0.1) is 20.8 Å². The van der Waals surface area contributed by atoms with Gasteiger partial charge in [-0.25, -0.2) is 19.3 Å². The Kier molecular flexibility index (Phi) is 6.85. The summed E-state index contributed by atoms with van der Waals surface area (Å²) in [6.07, 6.45) is 3.96. The maximum absolute atomic E-state index is 14.7. The van der Waals surface area contributed by atoms with Crippen LogP contribution in [0, 0.1) is 9.39 Å². The Labute approximate surface area is 219 Å². The van der Waals surface area contributed by atoms with Gasteiger partial charge in [-0.1, -0.05) is 37.3 Å². The highest BCUT2D eigenvalue weighted by Gasteiger charge is 2.23. The van der Waals surface area contributed by atoms with E-state index in [1.165, 1.54) is 10.6 Å². The van der Waals surface area contributed by atoms with Crippen molar-refractivity contribution in [3.05, 3.63) is 105 Å². The van der Waals surface area contributed by atoms with Crippen molar-refractivity contribution in [1.29, 1.82) is 0 Å². The summed E-state index contributed by atoms with van der Waals surface area (Å²) < 4.78 is 16.9. The molecule has 1 unspecified atom stereocenters. The van der Waals surface area contributed by atoms with Crippen LogP contribution in [0.25, 0.3) is 16.6 Å². The van der Waals surface area contributed by atoms with Gasteiger partial charge in [-0.3, -0.25) is 9.36 Å². The SMILES string of the molecule is CCC(Nc1nc(Nc2ccccn2)ncc1I)c1nc2cccc(F)c2c(=O)n1-c1ccccc1. The highest BCUT2D eigenvalue weighted by Crippen LogP contribution is 2.27. The minimum absolute atomic E-state index is 0.0431. The number of hydrogen-bond donors (Lipinski definition) is 2. The molecule has 0 amide bonds. The third-order valence-electron chi connectivity index (χ3n) is 5.57. The molecule has 0 spiro atoms. The summed E-state index contributed by atoms with van der Waals surface area (Å²) in [4.78, 5) is 31.6. The van der Waals surface area contributed by atoms with E-state index in [1.807, 2.05) is 43.3 Å². The fraction of sp³-hybridized carbons (Fsp3) is 0.115. The first-order valence-electron chi connectivity index (χ1n) is 11.3. The van der Waals surface area contributed by atoms with Crippen molar-refractivity contribution in [3.8, 4) is 5.69 Å². The molecule has 2 aromatic carbocycles. The maximum atomic E-state index is 14.7. The van der Waals surface area contributed by atoms with Crippen molar-refractivity contribution in [1.82, 2.24) is 24.5 Å². The number of halogens is 2. The monoisotopic (exact) mass is 593 g/mol. The van der Waals surface area contributed by atoms with Crippen LogP contribution in [-0.2, 0) is 0 Å². The van der Waals surface area contributed by atoms with Gasteiger partial charge in [0.1, 0.15) is 28.7 Å². The number of fused-ring (bicyclic) bond motifs is 1. The molecular weight excluding hydrogens is 572 g/mol. The number of pyridine rings is 1. The largest absolute Gasteiger partial charge is 0.359 e. The number of hydrogen-bond acceptors (Lipinski definition) is 7. The summed E-state index contributed by atoms with van der Waals surface area (Å²) in [5.41, 5.74) is 0.442. The summed E-state index contributed by atoms with van der Waals surface area (Å²) in [5, 5.41) is 6.47. The van der Waals surface area contributed by atoms with E-state index in [0.29, 0.717) is 41.0 Å². The van der Waals surface area contributed by atoms with Crippen LogP contribution in [0.15, 0.2) is 83.9 Å². The molecule has 0 aliphatic carbocycles. The first-order valence-corrected chi connectivity index (χ1v) is 12.4. The first kappa shape index (κ1) is 23.8. The first-order chi connectivity index (χ1) is 17.5. The lowest BCUT2D eigenvalue weighted by Crippen LogP contribution is -2.29. The van der Waals surface area contributed by atoms with Crippen LogP contribution in [0.1, 0.15) is 25.2 Å². The van der Waals surface area contributed by atoms with E-state index in [9.17, 15) is 9.18 Å². The predicted octanol–water partition coefficient (Wildman–Crippen LogP) is 5.62. The number of nitrogens with zero attached hydrogens (tertiary/aromatic N) is 5. The standard InChI is InChI=1S/C26H21FIN7O/c1-2-19(31-23-18(28)15-30-26(34-23)33-21-13-6-7-14-29-21)24-32-20-12-8-11-17(27)22(20)25(36)35(24)16-9-4-3-5-10-16/h3-15,19H,2H2,1H3,(H2,29,30,31,33,34). The molecule has 10 heteroatoms. The molecule has 8 nitrogen and oxygen atoms in total. The second kappa shape index (κ2) is 10.4. The van der Waals surface area contributed by atoms with Crippen LogP contribution in [-0.4, -0.2) is 24.5 Å². The molecule has 3 heterocycles. The van der Waals surface area contributed by atoms with E-state index >= 15 is 0 Å². The van der Waals surface area contributed by atoms with Crippen molar-refractivity contribution in [2.24, 2.45) is 0 Å². The van der Waals surface area contributed by atoms with Crippen molar-refractivity contribution in [3.63, 3.8) is 0 Å². The van der Waals surface area contributed by atoms with Crippen molar-refractivity contribution < 1.29 is 4.39 Å². The summed E-state index contributed by atoms with van der Waals surface area (Å²) in [5.74, 6) is 1.43. The van der Waals surface area contributed by atoms with E-state index in [2.05, 4.69) is 48.2 Å². The molecule has 2 N–H and O–H groups in total. The number of para-hydroxylation sites is 1. The average Bonchev–Trinajstić information content (AvgIpc) is 2.90. The molecule has 0 aliphatic heterocycles. The summed E-state index contributed by atoms with van der Waals surface area (Å²) in [7, 11) is 0. The minimum Gasteiger partial charge on any atom is -0.359 e. The maximum Gasteiger partial charge on any atom is 0.269 e. The van der Waals surface area contributed by atoms with Gasteiger partial charge < -0.3 is 10.6 Å². The van der Waals surface area contributed by atoms with Gasteiger partial charge in [0.15, 0.2) is 0 Å². The van der Waals surface area contributed by atoms with Gasteiger partial charge >= 0.3 is 0 Å². The Bertz CT molecular complexity index is 1580. The molecule has 0 bridgehead atoms. The minimum atomic E-state index is -0.599. The normalized spacial score (nSPS) is 11.9. The second-order valence-electron chi connectivity index (χ2n) is 7.92. The number of nitrogens with one attached hydrogen (secondary N) is 2. The van der Waals surface area contributed by atoms with Crippen molar-refractivity contribution >= 4 is 51.1 Å². The molecule has 1 atom stereocenters. The Morgan fingerprint density at radius 3 is 2.56 bits per heavy atom. The van der Waals surface area contributed by atoms with E-state index in [1.54, 1.807) is 36.7 Å². The molecule has 3 aromatic heterocycles. The van der Waals surface area contributed by atoms with Crippen molar-refractivity contribution in [2.45, 2.75) is 19.4 Å². The fourth-order valence-corrected chi connectivity index (χ4v) is 4.28. The lowest BCUT2D eigenvalue weighted by molar-refractivity contribution is 0.630. The molecule has 5 aromatic rings. The van der Waals surface area contributed by atoms with Gasteiger partial charge in [-0.2, -0.15) is 4.98 Å². The summed E-state index contributed by atoms with van der Waals surface area (Å²) >= 11 is 2.15. The Morgan fingerprint density at radius 1 is 1.00 bits per heavy atom. The number of aromatic nitrogens is 5. The van der Waals surface area contributed by atoms with E-state index < -0.39 is 17.4 Å². The third kappa shape index (κ3) is 4.76. The molecular formula is C26H21FIN7O. The Morgan fingerprint density at radius 2 is 1.81 bits per heavy atom. The number of anilines is 3. The quantitative estimate of drug-likeness (QED) is 0.237. The van der Waals surface area contributed by atoms with E-state index in [4.69, 9.17) is 4.98 Å². The van der Waals surface area contributed by atoms with Gasteiger partial charge in [0, 0.05) is 12.4 Å². The van der Waals surface area contributed by atoms with Crippen LogP contribution in [0.3, 0.4) is 0 Å². The third-order valence-corrected chi connectivity index (χ3v) is 6.36. The smallest absolute Gasteiger partial charge is 0.269 e. The number of benzene rings is 2. The van der Waals surface area contributed by atoms with Gasteiger partial charge in [-0.05, 0) is 65.4 Å². The predicted molar refractivity (Wildman–Crippen MR) is 146 cm³/mol. The summed E-state index contributed by atoms with van der Waals surface area (Å²) in [6.45, 7) is 1.98. The Hall–Kier alpha value is -3.93. The van der Waals surface area contributed by atoms with Crippen LogP contribution in [0.4, 0.5) is 22.0 Å². The molecule has 0 saturated carbocycles. The van der Waals surface area contributed by atoms with Crippen LogP contribution in [0.5, 0.6) is 0 Å². The molecule has 0 radical (unpaired) electrons. The van der Waals surface area contributed by atoms with E-state index in [0.717, 1.165) is 3.57 Å². The lowest BCUT2D eigenvalue weighted by atomic mass is 10.1. The van der Waals surface area contributed by atoms with Crippen LogP contribution >= 0.6 is 22.6 Å². The van der Waals surface area contributed by atoms with Gasteiger partial charge in [-0.15, -0.1) is 0 Å². The van der Waals surface area contributed by atoms with E-state index in [-0.39, 0.29) is 5.39 Å². The molecule has 5 rings (SSSR count). The number of rotatable bonds is 7. The highest BCUT2D eigenvalue weighted by atomic mass is 127. The Balaban J connectivity index is 1.60. The molecule has 180 valence electrons. The molecule has 0 aliphatic rings. The van der Waals surface area contributed by atoms with Crippen LogP contribution in [0.2, 0.25) is 0 Å². The van der Waals surface area contributed by atoms with Gasteiger partial charge in [0.2, 0.25) is 5.95 Å². The fourth-order valence-electron chi connectivity index (χ4n) is 3.86. The topological polar surface area (TPSA) is 97.6 Å². The average molecular weight is 593 g/mol. The van der Waals surface area contributed by atoms with Crippen molar-refractivity contribution in [2.75, 3.05) is 10.6 Å². The van der Waals surface area contributed by atoms with Crippen LogP contribution < -0.4 is 16.2 Å². The highest BCUT2D eigenvalue weighted by molar-refractivity contribution is 14.1. The zero-order valence-corrected chi connectivity index (χ0v) is 21.3. The lowest BCUT2D eigenvalue weighted by Gasteiger charge is -2.23. The van der Waals surface area contributed by atoms with Gasteiger partial charge in [0.25, 0.3) is 5.56 Å². The summed E-state index contributed by atoms with van der Waals surface area (Å²) in [6, 6.07) is 18.7. The second-order valence-corrected chi connectivity index (χ2v) is 9.08. The zero-order valence-electron chi connectivity index (χ0n) is 19.2. The zero-order chi connectivity index (χ0) is 25.1. The molecule has 0 saturated heterocycles. The molecule has 36 heavy (non-hydrogen) atoms. The molecule has 0 fully saturated rings.